The number of hydrogen-bond donors (Lipinski definition) is 2. The van der Waals surface area contributed by atoms with E-state index in [2.05, 4.69) is 10.6 Å². The van der Waals surface area contributed by atoms with E-state index in [4.69, 9.17) is 0 Å². The predicted molar refractivity (Wildman–Crippen MR) is 59.5 cm³/mol. The molecule has 1 heterocycles. The van der Waals surface area contributed by atoms with Crippen molar-refractivity contribution in [3.63, 3.8) is 0 Å². The van der Waals surface area contributed by atoms with Crippen molar-refractivity contribution in [2.45, 2.75) is 18.9 Å². The summed E-state index contributed by atoms with van der Waals surface area (Å²) in [5, 5.41) is 5.95. The number of rotatable bonds is 3. The van der Waals surface area contributed by atoms with E-state index in [-0.39, 0.29) is 17.8 Å². The highest BCUT2D eigenvalue weighted by molar-refractivity contribution is 5.79. The smallest absolute Gasteiger partial charge is 0.234 e. The van der Waals surface area contributed by atoms with Crippen molar-refractivity contribution < 1.29 is 9.18 Å². The summed E-state index contributed by atoms with van der Waals surface area (Å²) in [5.74, 6) is -0.168. The molecule has 1 aliphatic heterocycles. The third-order valence-corrected chi connectivity index (χ3v) is 2.71. The van der Waals surface area contributed by atoms with Crippen LogP contribution in [0.4, 0.5) is 4.39 Å². The Morgan fingerprint density at radius 1 is 1.44 bits per heavy atom. The van der Waals surface area contributed by atoms with Gasteiger partial charge >= 0.3 is 0 Å². The van der Waals surface area contributed by atoms with Crippen LogP contribution in [-0.4, -0.2) is 25.0 Å². The lowest BCUT2D eigenvalue weighted by molar-refractivity contribution is -0.122. The zero-order valence-corrected chi connectivity index (χ0v) is 9.00. The molecule has 2 N–H and O–H groups in total. The number of aryl methyl sites for hydroxylation is 1. The standard InChI is InChI=1S/C12H15FN2O/c13-10-3-1-2-9(6-10)4-5-11-7-14-8-12(16)15-11/h1-3,6,11,14H,4-5,7-8H2,(H,15,16). The van der Waals surface area contributed by atoms with Gasteiger partial charge in [-0.2, -0.15) is 0 Å². The Labute approximate surface area is 94.0 Å². The largest absolute Gasteiger partial charge is 0.351 e. The normalized spacial score (nSPS) is 20.6. The van der Waals surface area contributed by atoms with Crippen molar-refractivity contribution >= 4 is 5.91 Å². The molecule has 1 atom stereocenters. The molecule has 1 amide bonds. The highest BCUT2D eigenvalue weighted by Gasteiger charge is 2.16. The number of benzene rings is 1. The lowest BCUT2D eigenvalue weighted by Gasteiger charge is -2.24. The summed E-state index contributed by atoms with van der Waals surface area (Å²) in [6.07, 6.45) is 1.62. The third-order valence-electron chi connectivity index (χ3n) is 2.71. The summed E-state index contributed by atoms with van der Waals surface area (Å²) in [5.41, 5.74) is 0.972. The van der Waals surface area contributed by atoms with E-state index in [9.17, 15) is 9.18 Å². The maximum Gasteiger partial charge on any atom is 0.234 e. The van der Waals surface area contributed by atoms with Gasteiger partial charge in [-0.05, 0) is 30.5 Å². The molecule has 1 aromatic carbocycles. The molecule has 1 aliphatic rings. The van der Waals surface area contributed by atoms with Crippen LogP contribution in [0.2, 0.25) is 0 Å². The summed E-state index contributed by atoms with van der Waals surface area (Å²) < 4.78 is 12.9. The molecular weight excluding hydrogens is 207 g/mol. The molecule has 0 aliphatic carbocycles. The second-order valence-corrected chi connectivity index (χ2v) is 4.06. The van der Waals surface area contributed by atoms with Gasteiger partial charge in [0.2, 0.25) is 5.91 Å². The maximum absolute atomic E-state index is 12.9. The predicted octanol–water partition coefficient (Wildman–Crippen LogP) is 0.846. The van der Waals surface area contributed by atoms with E-state index in [1.165, 1.54) is 12.1 Å². The quantitative estimate of drug-likeness (QED) is 0.796. The maximum atomic E-state index is 12.9. The van der Waals surface area contributed by atoms with Crippen LogP contribution >= 0.6 is 0 Å². The molecule has 0 bridgehead atoms. The average molecular weight is 222 g/mol. The molecule has 0 spiro atoms. The fraction of sp³-hybridized carbons (Fsp3) is 0.417. The van der Waals surface area contributed by atoms with Gasteiger partial charge in [0.15, 0.2) is 0 Å². The van der Waals surface area contributed by atoms with Gasteiger partial charge in [-0.1, -0.05) is 12.1 Å². The van der Waals surface area contributed by atoms with Gasteiger partial charge in [0, 0.05) is 12.6 Å². The second kappa shape index (κ2) is 5.07. The number of nitrogens with one attached hydrogen (secondary N) is 2. The highest BCUT2D eigenvalue weighted by atomic mass is 19.1. The van der Waals surface area contributed by atoms with Crippen LogP contribution in [0.5, 0.6) is 0 Å². The number of hydrogen-bond acceptors (Lipinski definition) is 2. The Bertz CT molecular complexity index is 381. The fourth-order valence-corrected chi connectivity index (χ4v) is 1.90. The average Bonchev–Trinajstić information content (AvgIpc) is 2.27. The van der Waals surface area contributed by atoms with Gasteiger partial charge in [0.1, 0.15) is 5.82 Å². The van der Waals surface area contributed by atoms with Crippen LogP contribution in [0.25, 0.3) is 0 Å². The van der Waals surface area contributed by atoms with Crippen molar-refractivity contribution in [1.29, 1.82) is 0 Å². The molecule has 4 heteroatoms. The highest BCUT2D eigenvalue weighted by Crippen LogP contribution is 2.08. The van der Waals surface area contributed by atoms with Crippen molar-refractivity contribution in [2.24, 2.45) is 0 Å². The Kier molecular flexibility index (Phi) is 3.51. The van der Waals surface area contributed by atoms with Crippen molar-refractivity contribution in [3.05, 3.63) is 35.6 Å². The number of piperazine rings is 1. The first-order chi connectivity index (χ1) is 7.74. The van der Waals surface area contributed by atoms with Crippen LogP contribution < -0.4 is 10.6 Å². The van der Waals surface area contributed by atoms with Crippen molar-refractivity contribution in [2.75, 3.05) is 13.1 Å². The Hall–Kier alpha value is -1.42. The van der Waals surface area contributed by atoms with Crippen LogP contribution in [0.1, 0.15) is 12.0 Å². The summed E-state index contributed by atoms with van der Waals surface area (Å²) in [6.45, 7) is 1.19. The third kappa shape index (κ3) is 3.03. The second-order valence-electron chi connectivity index (χ2n) is 4.06. The molecule has 0 aromatic heterocycles. The van der Waals surface area contributed by atoms with Crippen LogP contribution in [0.3, 0.4) is 0 Å². The van der Waals surface area contributed by atoms with Crippen LogP contribution in [0.15, 0.2) is 24.3 Å². The monoisotopic (exact) mass is 222 g/mol. The zero-order valence-electron chi connectivity index (χ0n) is 9.00. The first-order valence-corrected chi connectivity index (χ1v) is 5.48. The lowest BCUT2D eigenvalue weighted by atomic mass is 10.0. The molecule has 1 aromatic rings. The number of carbonyl (C=O) groups excluding carboxylic acids is 1. The first-order valence-electron chi connectivity index (χ1n) is 5.48. The van der Waals surface area contributed by atoms with E-state index in [1.807, 2.05) is 6.07 Å². The van der Waals surface area contributed by atoms with Gasteiger partial charge < -0.3 is 10.6 Å². The van der Waals surface area contributed by atoms with Crippen LogP contribution in [0, 0.1) is 5.82 Å². The fourth-order valence-electron chi connectivity index (χ4n) is 1.90. The molecule has 0 saturated carbocycles. The molecule has 1 fully saturated rings. The van der Waals surface area contributed by atoms with Gasteiger partial charge in [0.25, 0.3) is 0 Å². The van der Waals surface area contributed by atoms with Crippen LogP contribution in [-0.2, 0) is 11.2 Å². The zero-order chi connectivity index (χ0) is 11.4. The summed E-state index contributed by atoms with van der Waals surface area (Å²) >= 11 is 0. The minimum atomic E-state index is -0.205. The molecule has 3 nitrogen and oxygen atoms in total. The van der Waals surface area contributed by atoms with E-state index < -0.39 is 0 Å². The van der Waals surface area contributed by atoms with Gasteiger partial charge in [-0.3, -0.25) is 4.79 Å². The van der Waals surface area contributed by atoms with Crippen molar-refractivity contribution in [1.82, 2.24) is 10.6 Å². The summed E-state index contributed by atoms with van der Waals surface area (Å²) in [4.78, 5) is 11.1. The van der Waals surface area contributed by atoms with Crippen molar-refractivity contribution in [3.8, 4) is 0 Å². The minimum Gasteiger partial charge on any atom is -0.351 e. The number of amides is 1. The van der Waals surface area contributed by atoms with E-state index in [1.54, 1.807) is 6.07 Å². The van der Waals surface area contributed by atoms with E-state index in [0.717, 1.165) is 24.9 Å². The SMILES string of the molecule is O=C1CNCC(CCc2cccc(F)c2)N1. The lowest BCUT2D eigenvalue weighted by Crippen LogP contribution is -2.52. The molecule has 86 valence electrons. The molecule has 2 rings (SSSR count). The summed E-state index contributed by atoms with van der Waals surface area (Å²) in [6, 6.07) is 6.75. The Morgan fingerprint density at radius 2 is 2.31 bits per heavy atom. The molecule has 0 radical (unpaired) electrons. The Morgan fingerprint density at radius 3 is 3.06 bits per heavy atom. The number of carbonyl (C=O) groups is 1. The molecule has 1 saturated heterocycles. The molecular formula is C12H15FN2O. The van der Waals surface area contributed by atoms with Gasteiger partial charge in [-0.25, -0.2) is 4.39 Å². The Balaban J connectivity index is 1.85. The van der Waals surface area contributed by atoms with E-state index in [0.29, 0.717) is 6.54 Å². The van der Waals surface area contributed by atoms with E-state index >= 15 is 0 Å². The first kappa shape index (κ1) is 11.1. The topological polar surface area (TPSA) is 41.1 Å². The summed E-state index contributed by atoms with van der Waals surface area (Å²) in [7, 11) is 0. The molecule has 1 unspecified atom stereocenters. The van der Waals surface area contributed by atoms with Gasteiger partial charge in [0.05, 0.1) is 6.54 Å². The number of halogens is 1. The minimum absolute atomic E-state index is 0.0375. The molecule has 16 heavy (non-hydrogen) atoms. The van der Waals surface area contributed by atoms with Gasteiger partial charge in [-0.15, -0.1) is 0 Å².